The number of halogens is 1. The minimum Gasteiger partial charge on any atom is -0.457 e. The summed E-state index contributed by atoms with van der Waals surface area (Å²) in [5.74, 6) is -0.267. The molecule has 0 amide bonds. The molecule has 2 nitrogen and oxygen atoms in total. The average Bonchev–Trinajstić information content (AvgIpc) is 2.60. The van der Waals surface area contributed by atoms with Crippen molar-refractivity contribution in [3.63, 3.8) is 0 Å². The summed E-state index contributed by atoms with van der Waals surface area (Å²) in [4.78, 5) is 12.6. The molecule has 0 unspecified atom stereocenters. The predicted molar refractivity (Wildman–Crippen MR) is 109 cm³/mol. The highest BCUT2D eigenvalue weighted by atomic mass is 79.9. The van der Waals surface area contributed by atoms with Gasteiger partial charge in [-0.1, -0.05) is 51.8 Å². The van der Waals surface area contributed by atoms with Crippen LogP contribution in [0, 0.1) is 34.6 Å². The molecule has 3 heteroatoms. The molecule has 0 N–H and O–H groups in total. The highest BCUT2D eigenvalue weighted by Gasteiger charge is 2.16. The number of aryl methyl sites for hydroxylation is 2. The van der Waals surface area contributed by atoms with E-state index in [2.05, 4.69) is 61.0 Å². The Bertz CT molecular complexity index is 802. The van der Waals surface area contributed by atoms with E-state index in [0.717, 1.165) is 33.2 Å². The second-order valence-electron chi connectivity index (χ2n) is 6.44. The maximum absolute atomic E-state index is 12.6. The lowest BCUT2D eigenvalue weighted by Gasteiger charge is -2.15. The van der Waals surface area contributed by atoms with Crippen LogP contribution in [0.25, 0.3) is 5.57 Å². The highest BCUT2D eigenvalue weighted by Crippen LogP contribution is 2.23. The van der Waals surface area contributed by atoms with E-state index >= 15 is 0 Å². The first-order valence-corrected chi connectivity index (χ1v) is 9.53. The molecule has 0 spiro atoms. The Kier molecular flexibility index (Phi) is 6.60. The standard InChI is InChI=1S/C22H25BrO2/c1-14-6-8-19(9-7-14)20(10-11-23)13-25-22(24)21-12-15(2)16(3)17(4)18(21)5/h6-10,12H,11,13H2,1-5H3/b20-10-. The topological polar surface area (TPSA) is 26.3 Å². The Balaban J connectivity index is 2.20. The summed E-state index contributed by atoms with van der Waals surface area (Å²) in [5.41, 5.74) is 8.44. The van der Waals surface area contributed by atoms with Crippen LogP contribution in [0.1, 0.15) is 43.7 Å². The van der Waals surface area contributed by atoms with Gasteiger partial charge in [-0.2, -0.15) is 0 Å². The lowest BCUT2D eigenvalue weighted by atomic mass is 9.95. The van der Waals surface area contributed by atoms with Crippen LogP contribution in [0.4, 0.5) is 0 Å². The number of rotatable bonds is 5. The van der Waals surface area contributed by atoms with Crippen molar-refractivity contribution >= 4 is 27.5 Å². The lowest BCUT2D eigenvalue weighted by Crippen LogP contribution is -2.11. The van der Waals surface area contributed by atoms with Gasteiger partial charge in [-0.25, -0.2) is 4.79 Å². The second-order valence-corrected chi connectivity index (χ2v) is 7.09. The predicted octanol–water partition coefficient (Wildman–Crippen LogP) is 5.86. The van der Waals surface area contributed by atoms with Crippen molar-refractivity contribution in [2.24, 2.45) is 0 Å². The van der Waals surface area contributed by atoms with Gasteiger partial charge >= 0.3 is 5.97 Å². The Labute approximate surface area is 159 Å². The van der Waals surface area contributed by atoms with E-state index in [-0.39, 0.29) is 12.6 Å². The van der Waals surface area contributed by atoms with Crippen molar-refractivity contribution in [3.05, 3.63) is 75.4 Å². The summed E-state index contributed by atoms with van der Waals surface area (Å²) in [6.07, 6.45) is 2.04. The maximum Gasteiger partial charge on any atom is 0.338 e. The van der Waals surface area contributed by atoms with E-state index in [1.807, 2.05) is 26.0 Å². The van der Waals surface area contributed by atoms with Gasteiger partial charge in [0, 0.05) is 5.33 Å². The molecular weight excluding hydrogens is 376 g/mol. The fourth-order valence-electron chi connectivity index (χ4n) is 2.77. The van der Waals surface area contributed by atoms with Crippen LogP contribution in [-0.2, 0) is 4.74 Å². The van der Waals surface area contributed by atoms with Gasteiger partial charge < -0.3 is 4.74 Å². The molecule has 0 fully saturated rings. The van der Waals surface area contributed by atoms with Crippen molar-refractivity contribution in [2.75, 3.05) is 11.9 Å². The SMILES string of the molecule is Cc1ccc(/C(=C\CBr)COC(=O)c2cc(C)c(C)c(C)c2C)cc1. The van der Waals surface area contributed by atoms with Gasteiger partial charge in [0.05, 0.1) is 5.56 Å². The molecule has 0 heterocycles. The van der Waals surface area contributed by atoms with Crippen LogP contribution in [-0.4, -0.2) is 17.9 Å². The van der Waals surface area contributed by atoms with E-state index in [1.165, 1.54) is 11.1 Å². The summed E-state index contributed by atoms with van der Waals surface area (Å²) in [5, 5.41) is 0.718. The van der Waals surface area contributed by atoms with E-state index in [4.69, 9.17) is 4.74 Å². The maximum atomic E-state index is 12.6. The lowest BCUT2D eigenvalue weighted by molar-refractivity contribution is 0.0555. The van der Waals surface area contributed by atoms with Crippen LogP contribution in [0.15, 0.2) is 36.4 Å². The van der Waals surface area contributed by atoms with Crippen molar-refractivity contribution in [1.82, 2.24) is 0 Å². The largest absolute Gasteiger partial charge is 0.457 e. The molecular formula is C22H25BrO2. The Morgan fingerprint density at radius 3 is 2.24 bits per heavy atom. The van der Waals surface area contributed by atoms with Gasteiger partial charge in [0.15, 0.2) is 0 Å². The van der Waals surface area contributed by atoms with Crippen LogP contribution < -0.4 is 0 Å². The van der Waals surface area contributed by atoms with Crippen molar-refractivity contribution in [1.29, 1.82) is 0 Å². The number of esters is 1. The Morgan fingerprint density at radius 2 is 1.64 bits per heavy atom. The zero-order chi connectivity index (χ0) is 18.6. The number of benzene rings is 2. The molecule has 132 valence electrons. The van der Waals surface area contributed by atoms with Crippen LogP contribution >= 0.6 is 15.9 Å². The third-order valence-electron chi connectivity index (χ3n) is 4.81. The average molecular weight is 401 g/mol. The van der Waals surface area contributed by atoms with Gasteiger partial charge in [0.25, 0.3) is 0 Å². The fourth-order valence-corrected chi connectivity index (χ4v) is 3.16. The molecule has 0 saturated carbocycles. The Morgan fingerprint density at radius 1 is 1.00 bits per heavy atom. The van der Waals surface area contributed by atoms with Crippen LogP contribution in [0.5, 0.6) is 0 Å². The quantitative estimate of drug-likeness (QED) is 0.463. The van der Waals surface area contributed by atoms with Gasteiger partial charge in [-0.3, -0.25) is 0 Å². The van der Waals surface area contributed by atoms with E-state index in [9.17, 15) is 4.79 Å². The first-order valence-electron chi connectivity index (χ1n) is 8.41. The van der Waals surface area contributed by atoms with Gasteiger partial charge in [-0.15, -0.1) is 0 Å². The van der Waals surface area contributed by atoms with Gasteiger partial charge in [0.1, 0.15) is 6.61 Å². The molecule has 2 aromatic rings. The van der Waals surface area contributed by atoms with Crippen molar-refractivity contribution < 1.29 is 9.53 Å². The number of alkyl halides is 1. The molecule has 25 heavy (non-hydrogen) atoms. The molecule has 2 rings (SSSR count). The number of carbonyl (C=O) groups excluding carboxylic acids is 1. The Hall–Kier alpha value is -1.87. The first kappa shape index (κ1) is 19.5. The molecule has 0 saturated heterocycles. The second kappa shape index (κ2) is 8.48. The van der Waals surface area contributed by atoms with Gasteiger partial charge in [-0.05, 0) is 74.1 Å². The summed E-state index contributed by atoms with van der Waals surface area (Å²) in [6, 6.07) is 10.2. The molecule has 0 radical (unpaired) electrons. The van der Waals surface area contributed by atoms with E-state index in [0.29, 0.717) is 5.56 Å². The highest BCUT2D eigenvalue weighted by molar-refractivity contribution is 9.09. The van der Waals surface area contributed by atoms with Crippen LogP contribution in [0.3, 0.4) is 0 Å². The zero-order valence-electron chi connectivity index (χ0n) is 15.6. The normalized spacial score (nSPS) is 11.5. The minimum absolute atomic E-state index is 0.263. The molecule has 0 aliphatic rings. The first-order chi connectivity index (χ1) is 11.8. The number of hydrogen-bond donors (Lipinski definition) is 0. The molecule has 0 bridgehead atoms. The number of ether oxygens (including phenoxy) is 1. The van der Waals surface area contributed by atoms with E-state index in [1.54, 1.807) is 0 Å². The number of carbonyl (C=O) groups is 1. The zero-order valence-corrected chi connectivity index (χ0v) is 17.2. The number of hydrogen-bond acceptors (Lipinski definition) is 2. The van der Waals surface area contributed by atoms with E-state index < -0.39 is 0 Å². The molecule has 0 aliphatic carbocycles. The molecule has 0 aliphatic heterocycles. The van der Waals surface area contributed by atoms with Crippen LogP contribution in [0.2, 0.25) is 0 Å². The molecule has 2 aromatic carbocycles. The molecule has 0 aromatic heterocycles. The smallest absolute Gasteiger partial charge is 0.338 e. The summed E-state index contributed by atoms with van der Waals surface area (Å²) < 4.78 is 5.63. The molecule has 0 atom stereocenters. The third kappa shape index (κ3) is 4.60. The fraction of sp³-hybridized carbons (Fsp3) is 0.318. The third-order valence-corrected chi connectivity index (χ3v) is 5.13. The minimum atomic E-state index is -0.267. The summed E-state index contributed by atoms with van der Waals surface area (Å²) in [7, 11) is 0. The van der Waals surface area contributed by atoms with Crippen molar-refractivity contribution in [3.8, 4) is 0 Å². The number of allylic oxidation sites excluding steroid dienone is 1. The summed E-state index contributed by atoms with van der Waals surface area (Å²) in [6.45, 7) is 10.5. The van der Waals surface area contributed by atoms with Crippen molar-refractivity contribution in [2.45, 2.75) is 34.6 Å². The monoisotopic (exact) mass is 400 g/mol. The van der Waals surface area contributed by atoms with Gasteiger partial charge in [0.2, 0.25) is 0 Å². The summed E-state index contributed by atoms with van der Waals surface area (Å²) >= 11 is 3.44.